The number of nitrogens with zero attached hydrogens (tertiary/aromatic N) is 4. The molecule has 174 valence electrons. The fourth-order valence-corrected chi connectivity index (χ4v) is 4.99. The molecule has 9 nitrogen and oxygen atoms in total. The lowest BCUT2D eigenvalue weighted by Crippen LogP contribution is -2.25. The Labute approximate surface area is 198 Å². The minimum atomic E-state index is -3.79. The SMILES string of the molecule is O=[N+]([O-])c1ccc(-n2c(CNS(=O)(=O)c3ccccc3)nnc2SCc2ccc(F)cc2)cc1. The van der Waals surface area contributed by atoms with Crippen molar-refractivity contribution in [3.8, 4) is 5.69 Å². The number of nitrogens with one attached hydrogen (secondary N) is 1. The number of aromatic nitrogens is 3. The standard InChI is InChI=1S/C22H18FN5O4S2/c23-17-8-6-16(7-9-17)15-33-22-26-25-21(14-24-34(31,32)20-4-2-1-3-5-20)27(22)18-10-12-19(13-11-18)28(29)30/h1-13,24H,14-15H2. The summed E-state index contributed by atoms with van der Waals surface area (Å²) in [6, 6.07) is 19.7. The summed E-state index contributed by atoms with van der Waals surface area (Å²) >= 11 is 1.32. The summed E-state index contributed by atoms with van der Waals surface area (Å²) in [5.74, 6) is 0.423. The maximum absolute atomic E-state index is 13.2. The molecule has 34 heavy (non-hydrogen) atoms. The molecule has 0 amide bonds. The Balaban J connectivity index is 1.62. The van der Waals surface area contributed by atoms with E-state index in [1.807, 2.05) is 0 Å². The highest BCUT2D eigenvalue weighted by molar-refractivity contribution is 7.98. The first-order chi connectivity index (χ1) is 16.3. The van der Waals surface area contributed by atoms with Crippen molar-refractivity contribution < 1.29 is 17.7 Å². The Morgan fingerprint density at radius 1 is 0.971 bits per heavy atom. The molecule has 0 atom stereocenters. The third-order valence-electron chi connectivity index (χ3n) is 4.77. The molecule has 0 bridgehead atoms. The first-order valence-corrected chi connectivity index (χ1v) is 12.4. The highest BCUT2D eigenvalue weighted by Gasteiger charge is 2.19. The molecule has 1 heterocycles. The van der Waals surface area contributed by atoms with Gasteiger partial charge in [0.1, 0.15) is 5.82 Å². The predicted molar refractivity (Wildman–Crippen MR) is 124 cm³/mol. The van der Waals surface area contributed by atoms with Gasteiger partial charge in [0, 0.05) is 23.6 Å². The normalized spacial score (nSPS) is 11.4. The molecule has 0 fully saturated rings. The Morgan fingerprint density at radius 2 is 1.65 bits per heavy atom. The first kappa shape index (κ1) is 23.5. The average molecular weight is 500 g/mol. The zero-order chi connectivity index (χ0) is 24.1. The minimum absolute atomic E-state index is 0.0799. The predicted octanol–water partition coefficient (Wildman–Crippen LogP) is 4.09. The van der Waals surface area contributed by atoms with E-state index in [0.717, 1.165) is 5.56 Å². The van der Waals surface area contributed by atoms with Gasteiger partial charge in [-0.2, -0.15) is 0 Å². The molecule has 12 heteroatoms. The zero-order valence-corrected chi connectivity index (χ0v) is 19.2. The Kier molecular flexibility index (Phi) is 7.01. The van der Waals surface area contributed by atoms with E-state index < -0.39 is 14.9 Å². The summed E-state index contributed by atoms with van der Waals surface area (Å²) in [7, 11) is -3.79. The number of benzene rings is 3. The number of rotatable bonds is 9. The fourth-order valence-electron chi connectivity index (χ4n) is 3.06. The molecule has 0 unspecified atom stereocenters. The van der Waals surface area contributed by atoms with Crippen molar-refractivity contribution in [1.29, 1.82) is 0 Å². The van der Waals surface area contributed by atoms with E-state index in [2.05, 4.69) is 14.9 Å². The maximum atomic E-state index is 13.2. The van der Waals surface area contributed by atoms with E-state index in [1.54, 1.807) is 47.0 Å². The van der Waals surface area contributed by atoms with Gasteiger partial charge < -0.3 is 0 Å². The second-order valence-corrected chi connectivity index (χ2v) is 9.77. The number of hydrogen-bond acceptors (Lipinski definition) is 7. The topological polar surface area (TPSA) is 120 Å². The first-order valence-electron chi connectivity index (χ1n) is 9.94. The maximum Gasteiger partial charge on any atom is 0.269 e. The van der Waals surface area contributed by atoms with Gasteiger partial charge in [-0.25, -0.2) is 17.5 Å². The number of sulfonamides is 1. The molecule has 0 aliphatic rings. The lowest BCUT2D eigenvalue weighted by molar-refractivity contribution is -0.384. The molecule has 0 aliphatic heterocycles. The second kappa shape index (κ2) is 10.1. The summed E-state index contributed by atoms with van der Waals surface area (Å²) in [5, 5.41) is 19.8. The van der Waals surface area contributed by atoms with Crippen LogP contribution in [0.1, 0.15) is 11.4 Å². The number of halogens is 1. The van der Waals surface area contributed by atoms with E-state index in [-0.39, 0.29) is 22.9 Å². The molecule has 0 spiro atoms. The zero-order valence-electron chi connectivity index (χ0n) is 17.5. The van der Waals surface area contributed by atoms with Gasteiger partial charge in [-0.1, -0.05) is 42.1 Å². The number of hydrogen-bond donors (Lipinski definition) is 1. The van der Waals surface area contributed by atoms with E-state index in [1.165, 1.54) is 48.2 Å². The molecule has 0 radical (unpaired) electrons. The van der Waals surface area contributed by atoms with Crippen LogP contribution < -0.4 is 4.72 Å². The Morgan fingerprint density at radius 3 is 2.29 bits per heavy atom. The molecule has 3 aromatic carbocycles. The van der Waals surface area contributed by atoms with E-state index in [4.69, 9.17) is 0 Å². The van der Waals surface area contributed by atoms with E-state index >= 15 is 0 Å². The Bertz CT molecular complexity index is 1390. The van der Waals surface area contributed by atoms with Crippen LogP contribution in [-0.2, 0) is 22.3 Å². The van der Waals surface area contributed by atoms with Gasteiger partial charge in [-0.15, -0.1) is 10.2 Å². The summed E-state index contributed by atoms with van der Waals surface area (Å²) in [6.45, 7) is -0.154. The molecule has 1 N–H and O–H groups in total. The van der Waals surface area contributed by atoms with Crippen LogP contribution in [0.2, 0.25) is 0 Å². The van der Waals surface area contributed by atoms with Crippen molar-refractivity contribution in [3.05, 3.63) is 106 Å². The second-order valence-electron chi connectivity index (χ2n) is 7.06. The number of non-ortho nitro benzene ring substituents is 1. The smallest absolute Gasteiger partial charge is 0.269 e. The summed E-state index contributed by atoms with van der Waals surface area (Å²) < 4.78 is 42.6. The third kappa shape index (κ3) is 5.47. The quantitative estimate of drug-likeness (QED) is 0.209. The summed E-state index contributed by atoms with van der Waals surface area (Å²) in [6.07, 6.45) is 0. The van der Waals surface area contributed by atoms with Crippen LogP contribution in [-0.4, -0.2) is 28.1 Å². The molecule has 4 aromatic rings. The van der Waals surface area contributed by atoms with Gasteiger partial charge in [-0.3, -0.25) is 14.7 Å². The van der Waals surface area contributed by atoms with Crippen LogP contribution in [0.5, 0.6) is 0 Å². The molecule has 0 aliphatic carbocycles. The highest BCUT2D eigenvalue weighted by Crippen LogP contribution is 2.26. The van der Waals surface area contributed by atoms with E-state index in [0.29, 0.717) is 22.4 Å². The third-order valence-corrected chi connectivity index (χ3v) is 7.19. The Hall–Kier alpha value is -3.61. The van der Waals surface area contributed by atoms with Crippen LogP contribution in [0, 0.1) is 15.9 Å². The van der Waals surface area contributed by atoms with E-state index in [9.17, 15) is 22.9 Å². The van der Waals surface area contributed by atoms with Crippen molar-refractivity contribution in [2.75, 3.05) is 0 Å². The lowest BCUT2D eigenvalue weighted by Gasteiger charge is -2.11. The average Bonchev–Trinajstić information content (AvgIpc) is 3.26. The highest BCUT2D eigenvalue weighted by atomic mass is 32.2. The van der Waals surface area contributed by atoms with Crippen molar-refractivity contribution >= 4 is 27.5 Å². The summed E-state index contributed by atoms with van der Waals surface area (Å²) in [4.78, 5) is 10.6. The van der Waals surface area contributed by atoms with Crippen LogP contribution in [0.15, 0.2) is 88.9 Å². The van der Waals surface area contributed by atoms with Gasteiger partial charge in [0.05, 0.1) is 16.4 Å². The van der Waals surface area contributed by atoms with Crippen molar-refractivity contribution in [3.63, 3.8) is 0 Å². The van der Waals surface area contributed by atoms with Crippen LogP contribution in [0.4, 0.5) is 10.1 Å². The van der Waals surface area contributed by atoms with Crippen LogP contribution in [0.25, 0.3) is 5.69 Å². The number of nitro groups is 1. The van der Waals surface area contributed by atoms with Gasteiger partial charge >= 0.3 is 0 Å². The fraction of sp³-hybridized carbons (Fsp3) is 0.0909. The van der Waals surface area contributed by atoms with Gasteiger partial charge in [0.15, 0.2) is 11.0 Å². The van der Waals surface area contributed by atoms with Gasteiger partial charge in [0.2, 0.25) is 10.0 Å². The molecule has 0 saturated heterocycles. The van der Waals surface area contributed by atoms with Crippen LogP contribution >= 0.6 is 11.8 Å². The van der Waals surface area contributed by atoms with Crippen LogP contribution in [0.3, 0.4) is 0 Å². The molecular weight excluding hydrogens is 481 g/mol. The number of thioether (sulfide) groups is 1. The minimum Gasteiger partial charge on any atom is -0.273 e. The molecular formula is C22H18FN5O4S2. The monoisotopic (exact) mass is 499 g/mol. The van der Waals surface area contributed by atoms with Crippen molar-refractivity contribution in [2.24, 2.45) is 0 Å². The van der Waals surface area contributed by atoms with Gasteiger partial charge in [0.25, 0.3) is 5.69 Å². The largest absolute Gasteiger partial charge is 0.273 e. The molecule has 4 rings (SSSR count). The lowest BCUT2D eigenvalue weighted by atomic mass is 10.2. The van der Waals surface area contributed by atoms with Gasteiger partial charge in [-0.05, 0) is 42.0 Å². The molecule has 0 saturated carbocycles. The summed E-state index contributed by atoms with van der Waals surface area (Å²) in [5.41, 5.74) is 1.31. The molecule has 1 aromatic heterocycles. The van der Waals surface area contributed by atoms with Crippen molar-refractivity contribution in [1.82, 2.24) is 19.5 Å². The van der Waals surface area contributed by atoms with Crippen molar-refractivity contribution in [2.45, 2.75) is 22.3 Å². The number of nitro benzene ring substituents is 1.